The summed E-state index contributed by atoms with van der Waals surface area (Å²) in [4.78, 5) is 31.0. The minimum atomic E-state index is -0.716. The molecule has 1 N–H and O–H groups in total. The molecular weight excluding hydrogens is 356 g/mol. The summed E-state index contributed by atoms with van der Waals surface area (Å²) < 4.78 is 5.37. The van der Waals surface area contributed by atoms with Gasteiger partial charge in [0.05, 0.1) is 24.4 Å². The van der Waals surface area contributed by atoms with Gasteiger partial charge in [-0.15, -0.1) is 0 Å². The zero-order chi connectivity index (χ0) is 19.7. The number of carbonyl (C=O) groups excluding carboxylic acids is 2. The van der Waals surface area contributed by atoms with Crippen LogP contribution in [-0.4, -0.2) is 26.7 Å². The minimum absolute atomic E-state index is 0.0617. The molecule has 28 heavy (non-hydrogen) atoms. The number of hydrogen-bond acceptors (Lipinski definition) is 5. The van der Waals surface area contributed by atoms with E-state index in [0.717, 1.165) is 11.1 Å². The smallest absolute Gasteiger partial charge is 0.296 e. The van der Waals surface area contributed by atoms with Crippen molar-refractivity contribution >= 4 is 17.4 Å². The van der Waals surface area contributed by atoms with Crippen LogP contribution in [0.2, 0.25) is 0 Å². The number of pyridine rings is 1. The second-order valence-electron chi connectivity index (χ2n) is 6.65. The van der Waals surface area contributed by atoms with Crippen LogP contribution in [0.1, 0.15) is 28.5 Å². The molecule has 1 amide bonds. The first-order chi connectivity index (χ1) is 13.6. The van der Waals surface area contributed by atoms with Crippen molar-refractivity contribution in [2.75, 3.05) is 0 Å². The number of rotatable bonds is 4. The number of likely N-dealkylation sites (tertiary alicyclic amines) is 1. The van der Waals surface area contributed by atoms with Crippen molar-refractivity contribution in [3.63, 3.8) is 0 Å². The molecule has 1 atom stereocenters. The molecule has 3 heterocycles. The summed E-state index contributed by atoms with van der Waals surface area (Å²) in [5, 5.41) is 10.9. The Kier molecular flexibility index (Phi) is 4.53. The lowest BCUT2D eigenvalue weighted by Gasteiger charge is -2.24. The number of Topliss-reactive ketones (excluding diaryl/α,β-unsaturated/α-hetero) is 1. The molecule has 1 aliphatic heterocycles. The highest BCUT2D eigenvalue weighted by molar-refractivity contribution is 6.46. The van der Waals surface area contributed by atoms with E-state index >= 15 is 0 Å². The third kappa shape index (κ3) is 3.09. The summed E-state index contributed by atoms with van der Waals surface area (Å²) in [6, 6.07) is 13.5. The third-order valence-electron chi connectivity index (χ3n) is 4.79. The molecule has 0 saturated carbocycles. The van der Waals surface area contributed by atoms with Gasteiger partial charge in [-0.2, -0.15) is 0 Å². The maximum absolute atomic E-state index is 12.9. The van der Waals surface area contributed by atoms with Crippen LogP contribution < -0.4 is 0 Å². The van der Waals surface area contributed by atoms with Crippen molar-refractivity contribution < 1.29 is 19.1 Å². The van der Waals surface area contributed by atoms with Crippen molar-refractivity contribution in [1.29, 1.82) is 0 Å². The van der Waals surface area contributed by atoms with Gasteiger partial charge in [-0.3, -0.25) is 14.6 Å². The Balaban J connectivity index is 1.86. The van der Waals surface area contributed by atoms with Crippen LogP contribution >= 0.6 is 0 Å². The zero-order valence-electron chi connectivity index (χ0n) is 15.2. The third-order valence-corrected chi connectivity index (χ3v) is 4.79. The lowest BCUT2D eigenvalue weighted by atomic mass is 9.95. The maximum atomic E-state index is 12.9. The van der Waals surface area contributed by atoms with Crippen LogP contribution in [-0.2, 0) is 16.1 Å². The van der Waals surface area contributed by atoms with Crippen LogP contribution in [0.3, 0.4) is 0 Å². The van der Waals surface area contributed by atoms with E-state index in [2.05, 4.69) is 4.98 Å². The van der Waals surface area contributed by atoms with E-state index in [1.54, 1.807) is 24.3 Å². The molecule has 0 radical (unpaired) electrons. The lowest BCUT2D eigenvalue weighted by molar-refractivity contribution is -0.140. The fourth-order valence-electron chi connectivity index (χ4n) is 3.37. The fourth-order valence-corrected chi connectivity index (χ4v) is 3.37. The molecule has 6 heteroatoms. The van der Waals surface area contributed by atoms with Crippen molar-refractivity contribution in [3.8, 4) is 0 Å². The number of carbonyl (C=O) groups is 2. The highest BCUT2D eigenvalue weighted by Crippen LogP contribution is 2.40. The van der Waals surface area contributed by atoms with Gasteiger partial charge >= 0.3 is 0 Å². The van der Waals surface area contributed by atoms with Gasteiger partial charge in [-0.05, 0) is 36.8 Å². The summed E-state index contributed by atoms with van der Waals surface area (Å²) in [6.07, 6.45) is 4.56. The van der Waals surface area contributed by atoms with Crippen LogP contribution in [0.5, 0.6) is 0 Å². The van der Waals surface area contributed by atoms with Gasteiger partial charge in [-0.1, -0.05) is 29.8 Å². The monoisotopic (exact) mass is 374 g/mol. The van der Waals surface area contributed by atoms with Crippen molar-refractivity contribution in [1.82, 2.24) is 9.88 Å². The van der Waals surface area contributed by atoms with E-state index in [1.807, 2.05) is 31.2 Å². The van der Waals surface area contributed by atoms with Crippen LogP contribution in [0.4, 0.5) is 0 Å². The van der Waals surface area contributed by atoms with E-state index in [9.17, 15) is 14.7 Å². The Labute approximate surface area is 161 Å². The first-order valence-electron chi connectivity index (χ1n) is 8.84. The molecule has 6 nitrogen and oxygen atoms in total. The standard InChI is InChI=1S/C22H18N2O4/c1-14-4-6-15(7-5-14)19-18(20(25)16-8-10-23-11-9-16)21(26)22(27)24(19)13-17-3-2-12-28-17/h2-12,19,25H,13H2,1H3/b20-18+. The Bertz CT molecular complexity index is 1040. The number of furan rings is 1. The van der Waals surface area contributed by atoms with Crippen LogP contribution in [0.25, 0.3) is 5.76 Å². The molecule has 4 rings (SSSR count). The molecule has 1 saturated heterocycles. The molecular formula is C22H18N2O4. The Hall–Kier alpha value is -3.67. The lowest BCUT2D eigenvalue weighted by Crippen LogP contribution is -2.29. The molecule has 3 aromatic rings. The van der Waals surface area contributed by atoms with Gasteiger partial charge in [-0.25, -0.2) is 0 Å². The average molecular weight is 374 g/mol. The Morgan fingerprint density at radius 3 is 2.46 bits per heavy atom. The van der Waals surface area contributed by atoms with Gasteiger partial charge in [0.15, 0.2) is 0 Å². The minimum Gasteiger partial charge on any atom is -0.507 e. The molecule has 1 aliphatic rings. The molecule has 0 spiro atoms. The predicted molar refractivity (Wildman–Crippen MR) is 102 cm³/mol. The molecule has 1 fully saturated rings. The first kappa shape index (κ1) is 17.7. The summed E-state index contributed by atoms with van der Waals surface area (Å²) in [7, 11) is 0. The Morgan fingerprint density at radius 2 is 1.82 bits per heavy atom. The summed E-state index contributed by atoms with van der Waals surface area (Å²) in [5.41, 5.74) is 2.29. The number of aromatic nitrogens is 1. The number of hydrogen-bond donors (Lipinski definition) is 1. The number of nitrogens with zero attached hydrogens (tertiary/aromatic N) is 2. The van der Waals surface area contributed by atoms with Crippen LogP contribution in [0, 0.1) is 6.92 Å². The van der Waals surface area contributed by atoms with E-state index < -0.39 is 17.7 Å². The second kappa shape index (κ2) is 7.15. The number of amides is 1. The number of aliphatic hydroxyl groups is 1. The zero-order valence-corrected chi connectivity index (χ0v) is 15.2. The SMILES string of the molecule is Cc1ccc(C2/C(=C(\O)c3ccncc3)C(=O)C(=O)N2Cc2ccco2)cc1. The fraction of sp³-hybridized carbons (Fsp3) is 0.136. The normalized spacial score (nSPS) is 18.6. The van der Waals surface area contributed by atoms with Gasteiger partial charge < -0.3 is 14.4 Å². The second-order valence-corrected chi connectivity index (χ2v) is 6.65. The van der Waals surface area contributed by atoms with E-state index in [1.165, 1.54) is 23.6 Å². The number of aliphatic hydroxyl groups excluding tert-OH is 1. The Morgan fingerprint density at radius 1 is 1.11 bits per heavy atom. The summed E-state index contributed by atoms with van der Waals surface area (Å²) in [5.74, 6) is -1.04. The van der Waals surface area contributed by atoms with Gasteiger partial charge in [0.2, 0.25) is 0 Å². The van der Waals surface area contributed by atoms with E-state index in [-0.39, 0.29) is 17.9 Å². The van der Waals surface area contributed by atoms with Crippen LogP contribution in [0.15, 0.2) is 77.2 Å². The maximum Gasteiger partial charge on any atom is 0.296 e. The quantitative estimate of drug-likeness (QED) is 0.428. The van der Waals surface area contributed by atoms with E-state index in [4.69, 9.17) is 4.42 Å². The van der Waals surface area contributed by atoms with Gasteiger partial charge in [0, 0.05) is 18.0 Å². The van der Waals surface area contributed by atoms with Crippen molar-refractivity contribution in [3.05, 3.63) is 95.2 Å². The number of aryl methyl sites for hydroxylation is 1. The predicted octanol–water partition coefficient (Wildman–Crippen LogP) is 3.60. The van der Waals surface area contributed by atoms with Gasteiger partial charge in [0.1, 0.15) is 11.5 Å². The van der Waals surface area contributed by atoms with E-state index in [0.29, 0.717) is 11.3 Å². The largest absolute Gasteiger partial charge is 0.507 e. The van der Waals surface area contributed by atoms with Crippen molar-refractivity contribution in [2.45, 2.75) is 19.5 Å². The van der Waals surface area contributed by atoms with Gasteiger partial charge in [0.25, 0.3) is 11.7 Å². The molecule has 2 aromatic heterocycles. The number of ketones is 1. The number of benzene rings is 1. The highest BCUT2D eigenvalue weighted by Gasteiger charge is 2.46. The molecule has 0 bridgehead atoms. The molecule has 1 unspecified atom stereocenters. The molecule has 140 valence electrons. The topological polar surface area (TPSA) is 83.6 Å². The van der Waals surface area contributed by atoms with Crippen molar-refractivity contribution in [2.24, 2.45) is 0 Å². The summed E-state index contributed by atoms with van der Waals surface area (Å²) >= 11 is 0. The highest BCUT2D eigenvalue weighted by atomic mass is 16.3. The first-order valence-corrected chi connectivity index (χ1v) is 8.84. The molecule has 0 aliphatic carbocycles. The average Bonchev–Trinajstić information content (AvgIpc) is 3.31. The summed E-state index contributed by atoms with van der Waals surface area (Å²) in [6.45, 7) is 2.09. The molecule has 1 aromatic carbocycles.